The lowest BCUT2D eigenvalue weighted by Crippen LogP contribution is -2.52. The quantitative estimate of drug-likeness (QED) is 0.667. The first-order valence-corrected chi connectivity index (χ1v) is 5.50. The largest absolute Gasteiger partial charge is 0.327 e. The molecule has 0 aromatic carbocycles. The van der Waals surface area contributed by atoms with Crippen molar-refractivity contribution < 1.29 is 0 Å². The van der Waals surface area contributed by atoms with Crippen molar-refractivity contribution in [3.63, 3.8) is 0 Å². The van der Waals surface area contributed by atoms with Crippen LogP contribution in [0.1, 0.15) is 13.8 Å². The van der Waals surface area contributed by atoms with Gasteiger partial charge in [0.1, 0.15) is 0 Å². The van der Waals surface area contributed by atoms with Crippen molar-refractivity contribution in [2.45, 2.75) is 19.9 Å². The van der Waals surface area contributed by atoms with Crippen LogP contribution >= 0.6 is 0 Å². The van der Waals surface area contributed by atoms with Crippen LogP contribution in [0.25, 0.3) is 0 Å². The Balaban J connectivity index is 2.35. The molecule has 0 bridgehead atoms. The molecule has 0 aliphatic carbocycles. The van der Waals surface area contributed by atoms with E-state index in [2.05, 4.69) is 30.2 Å². The molecule has 1 aliphatic rings. The molecule has 3 heteroatoms. The zero-order chi connectivity index (χ0) is 10.6. The molecule has 0 spiro atoms. The Morgan fingerprint density at radius 3 is 2.71 bits per heavy atom. The van der Waals surface area contributed by atoms with E-state index in [9.17, 15) is 0 Å². The lowest BCUT2D eigenvalue weighted by atomic mass is 10.1. The van der Waals surface area contributed by atoms with Crippen LogP contribution in [0.3, 0.4) is 0 Å². The molecule has 1 aliphatic heterocycles. The predicted molar refractivity (Wildman–Crippen MR) is 61.3 cm³/mol. The molecule has 2 N–H and O–H groups in total. The summed E-state index contributed by atoms with van der Waals surface area (Å²) in [6.07, 6.45) is 0. The Bertz CT molecular complexity index is 191. The smallest absolute Gasteiger partial charge is 0.0203 e. The Hall–Kier alpha value is -0.380. The van der Waals surface area contributed by atoms with Gasteiger partial charge in [0, 0.05) is 38.8 Å². The highest BCUT2D eigenvalue weighted by atomic mass is 15.3. The standard InChI is InChI=1S/C11H23N3/c1-4-14-6-5-13(9-11(14)3)8-10(2)7-12/h11H,2,4-9,12H2,1,3H3. The summed E-state index contributed by atoms with van der Waals surface area (Å²) in [5.41, 5.74) is 6.68. The molecule has 82 valence electrons. The summed E-state index contributed by atoms with van der Waals surface area (Å²) in [6, 6.07) is 0.666. The van der Waals surface area contributed by atoms with E-state index in [0.717, 1.165) is 31.8 Å². The van der Waals surface area contributed by atoms with E-state index in [1.807, 2.05) is 0 Å². The molecule has 0 radical (unpaired) electrons. The molecular weight excluding hydrogens is 174 g/mol. The van der Waals surface area contributed by atoms with Gasteiger partial charge in [-0.05, 0) is 19.0 Å². The van der Waals surface area contributed by atoms with Crippen LogP contribution in [0.4, 0.5) is 0 Å². The van der Waals surface area contributed by atoms with E-state index >= 15 is 0 Å². The van der Waals surface area contributed by atoms with Gasteiger partial charge in [-0.2, -0.15) is 0 Å². The van der Waals surface area contributed by atoms with Gasteiger partial charge in [-0.3, -0.25) is 9.80 Å². The molecule has 0 aromatic heterocycles. The van der Waals surface area contributed by atoms with E-state index in [1.165, 1.54) is 6.54 Å². The van der Waals surface area contributed by atoms with Crippen molar-refractivity contribution in [2.24, 2.45) is 5.73 Å². The fourth-order valence-electron chi connectivity index (χ4n) is 2.06. The molecule has 0 aromatic rings. The van der Waals surface area contributed by atoms with Gasteiger partial charge in [-0.25, -0.2) is 0 Å². The van der Waals surface area contributed by atoms with Gasteiger partial charge in [0.2, 0.25) is 0 Å². The Morgan fingerprint density at radius 2 is 2.21 bits per heavy atom. The second-order valence-corrected chi connectivity index (χ2v) is 4.17. The molecular formula is C11H23N3. The van der Waals surface area contributed by atoms with Crippen molar-refractivity contribution in [3.05, 3.63) is 12.2 Å². The number of piperazine rings is 1. The second-order valence-electron chi connectivity index (χ2n) is 4.17. The Labute approximate surface area is 87.6 Å². The van der Waals surface area contributed by atoms with Crippen LogP contribution in [-0.4, -0.2) is 55.1 Å². The first kappa shape index (κ1) is 11.7. The van der Waals surface area contributed by atoms with Crippen LogP contribution in [0.5, 0.6) is 0 Å². The third kappa shape index (κ3) is 3.08. The number of hydrogen-bond donors (Lipinski definition) is 1. The molecule has 1 heterocycles. The van der Waals surface area contributed by atoms with Crippen molar-refractivity contribution in [2.75, 3.05) is 39.3 Å². The van der Waals surface area contributed by atoms with Gasteiger partial charge in [-0.15, -0.1) is 0 Å². The molecule has 1 atom stereocenters. The minimum absolute atomic E-state index is 0.613. The third-order valence-electron chi connectivity index (χ3n) is 2.99. The van der Waals surface area contributed by atoms with Gasteiger partial charge in [0.15, 0.2) is 0 Å². The van der Waals surface area contributed by atoms with Gasteiger partial charge in [-0.1, -0.05) is 13.5 Å². The molecule has 1 saturated heterocycles. The van der Waals surface area contributed by atoms with Crippen LogP contribution < -0.4 is 5.73 Å². The van der Waals surface area contributed by atoms with E-state index in [-0.39, 0.29) is 0 Å². The molecule has 0 amide bonds. The van der Waals surface area contributed by atoms with E-state index in [0.29, 0.717) is 12.6 Å². The van der Waals surface area contributed by atoms with Crippen molar-refractivity contribution >= 4 is 0 Å². The summed E-state index contributed by atoms with van der Waals surface area (Å²) < 4.78 is 0. The first-order valence-electron chi connectivity index (χ1n) is 5.50. The van der Waals surface area contributed by atoms with Crippen molar-refractivity contribution in [3.8, 4) is 0 Å². The number of likely N-dealkylation sites (N-methyl/N-ethyl adjacent to an activating group) is 1. The van der Waals surface area contributed by atoms with E-state index in [4.69, 9.17) is 5.73 Å². The maximum Gasteiger partial charge on any atom is 0.0203 e. The van der Waals surface area contributed by atoms with Crippen LogP contribution in [-0.2, 0) is 0 Å². The number of rotatable bonds is 4. The van der Waals surface area contributed by atoms with Crippen molar-refractivity contribution in [1.29, 1.82) is 0 Å². The van der Waals surface area contributed by atoms with E-state index in [1.54, 1.807) is 0 Å². The third-order valence-corrected chi connectivity index (χ3v) is 2.99. The maximum atomic E-state index is 5.54. The average molecular weight is 197 g/mol. The number of hydrogen-bond acceptors (Lipinski definition) is 3. The summed E-state index contributed by atoms with van der Waals surface area (Å²) in [4.78, 5) is 4.97. The fraction of sp³-hybridized carbons (Fsp3) is 0.818. The summed E-state index contributed by atoms with van der Waals surface area (Å²) >= 11 is 0. The lowest BCUT2D eigenvalue weighted by molar-refractivity contribution is 0.0943. The van der Waals surface area contributed by atoms with Crippen LogP contribution in [0.2, 0.25) is 0 Å². The van der Waals surface area contributed by atoms with E-state index < -0.39 is 0 Å². The zero-order valence-electron chi connectivity index (χ0n) is 9.50. The van der Waals surface area contributed by atoms with Crippen molar-refractivity contribution in [1.82, 2.24) is 9.80 Å². The monoisotopic (exact) mass is 197 g/mol. The van der Waals surface area contributed by atoms with Crippen LogP contribution in [0.15, 0.2) is 12.2 Å². The zero-order valence-corrected chi connectivity index (χ0v) is 9.50. The summed E-state index contributed by atoms with van der Waals surface area (Å²) in [7, 11) is 0. The Morgan fingerprint density at radius 1 is 1.50 bits per heavy atom. The minimum atomic E-state index is 0.613. The molecule has 1 rings (SSSR count). The van der Waals surface area contributed by atoms with Gasteiger partial charge >= 0.3 is 0 Å². The highest BCUT2D eigenvalue weighted by Crippen LogP contribution is 2.09. The highest BCUT2D eigenvalue weighted by molar-refractivity contribution is 4.99. The summed E-state index contributed by atoms with van der Waals surface area (Å²) in [5.74, 6) is 0. The first-order chi connectivity index (χ1) is 6.67. The number of nitrogens with zero attached hydrogens (tertiary/aromatic N) is 2. The Kier molecular flexibility index (Phi) is 4.58. The SMILES string of the molecule is C=C(CN)CN1CCN(CC)C(C)C1. The fourth-order valence-corrected chi connectivity index (χ4v) is 2.06. The topological polar surface area (TPSA) is 32.5 Å². The molecule has 1 fully saturated rings. The second kappa shape index (κ2) is 5.49. The van der Waals surface area contributed by atoms with Gasteiger partial charge in [0.05, 0.1) is 0 Å². The van der Waals surface area contributed by atoms with Crippen LogP contribution in [0, 0.1) is 0 Å². The molecule has 1 unspecified atom stereocenters. The molecule has 14 heavy (non-hydrogen) atoms. The minimum Gasteiger partial charge on any atom is -0.327 e. The predicted octanol–water partition coefficient (Wildman–Crippen LogP) is 0.527. The molecule has 3 nitrogen and oxygen atoms in total. The molecule has 0 saturated carbocycles. The number of nitrogens with two attached hydrogens (primary N) is 1. The maximum absolute atomic E-state index is 5.54. The summed E-state index contributed by atoms with van der Waals surface area (Å²) in [5, 5.41) is 0. The lowest BCUT2D eigenvalue weighted by Gasteiger charge is -2.39. The van der Waals surface area contributed by atoms with Gasteiger partial charge < -0.3 is 5.73 Å². The van der Waals surface area contributed by atoms with Gasteiger partial charge in [0.25, 0.3) is 0 Å². The summed E-state index contributed by atoms with van der Waals surface area (Å²) in [6.45, 7) is 14.7. The average Bonchev–Trinajstić information content (AvgIpc) is 2.18. The highest BCUT2D eigenvalue weighted by Gasteiger charge is 2.21. The normalized spacial score (nSPS) is 25.2.